The van der Waals surface area contributed by atoms with Crippen LogP contribution >= 0.6 is 0 Å². The molecule has 76 valence electrons. The second-order valence-electron chi connectivity index (χ2n) is 4.16. The van der Waals surface area contributed by atoms with Crippen LogP contribution in [0.25, 0.3) is 0 Å². The molecule has 0 amide bonds. The molecule has 0 unspecified atom stereocenters. The van der Waals surface area contributed by atoms with Gasteiger partial charge in [0.1, 0.15) is 0 Å². The quantitative estimate of drug-likeness (QED) is 0.501. The monoisotopic (exact) mass is 194 g/mol. The molecule has 0 saturated carbocycles. The third-order valence-electron chi connectivity index (χ3n) is 2.03. The van der Waals surface area contributed by atoms with Crippen molar-refractivity contribution in [1.82, 2.24) is 0 Å². The Bertz CT molecular complexity index is 322. The van der Waals surface area contributed by atoms with Crippen LogP contribution in [0.1, 0.15) is 31.1 Å². The number of rotatable bonds is 1. The lowest BCUT2D eigenvalue weighted by Crippen LogP contribution is -2.49. The Kier molecular flexibility index (Phi) is 2.89. The highest BCUT2D eigenvalue weighted by molar-refractivity contribution is 5.88. The number of hydrogen-bond acceptors (Lipinski definition) is 2. The molecule has 1 heterocycles. The molecule has 3 heteroatoms. The van der Waals surface area contributed by atoms with E-state index in [2.05, 4.69) is 25.5 Å². The Labute approximate surface area is 84.3 Å². The Morgan fingerprint density at radius 3 is 2.14 bits per heavy atom. The first kappa shape index (κ1) is 10.7. The molecule has 0 spiro atoms. The predicted octanol–water partition coefficient (Wildman–Crippen LogP) is 1.52. The van der Waals surface area contributed by atoms with E-state index in [0.29, 0.717) is 5.56 Å². The zero-order valence-electron chi connectivity index (χ0n) is 9.07. The summed E-state index contributed by atoms with van der Waals surface area (Å²) in [5.74, 6) is -0.300. The van der Waals surface area contributed by atoms with E-state index in [1.807, 2.05) is 17.0 Å². The number of methoxy groups -OCH3 is 1. The molecule has 0 aliphatic rings. The summed E-state index contributed by atoms with van der Waals surface area (Å²) in [4.78, 5) is 11.1. The molecular weight excluding hydrogens is 178 g/mol. The first-order chi connectivity index (χ1) is 6.45. The predicted molar refractivity (Wildman–Crippen MR) is 53.0 cm³/mol. The van der Waals surface area contributed by atoms with Gasteiger partial charge in [-0.25, -0.2) is 9.36 Å². The van der Waals surface area contributed by atoms with Crippen molar-refractivity contribution >= 4 is 5.97 Å². The Hall–Kier alpha value is -1.38. The smallest absolute Gasteiger partial charge is 0.338 e. The van der Waals surface area contributed by atoms with Crippen LogP contribution in [-0.2, 0) is 10.3 Å². The average molecular weight is 194 g/mol. The van der Waals surface area contributed by atoms with Gasteiger partial charge in [-0.05, 0) is 0 Å². The molecule has 0 saturated heterocycles. The first-order valence-electron chi connectivity index (χ1n) is 4.55. The van der Waals surface area contributed by atoms with Crippen LogP contribution in [0.15, 0.2) is 24.5 Å². The van der Waals surface area contributed by atoms with E-state index in [-0.39, 0.29) is 11.5 Å². The zero-order chi connectivity index (χ0) is 10.8. The van der Waals surface area contributed by atoms with E-state index in [0.717, 1.165) is 0 Å². The van der Waals surface area contributed by atoms with Gasteiger partial charge < -0.3 is 4.74 Å². The molecule has 0 fully saturated rings. The van der Waals surface area contributed by atoms with Gasteiger partial charge in [-0.1, -0.05) is 0 Å². The largest absolute Gasteiger partial charge is 0.465 e. The van der Waals surface area contributed by atoms with Gasteiger partial charge in [0.25, 0.3) is 0 Å². The van der Waals surface area contributed by atoms with E-state index < -0.39 is 0 Å². The minimum Gasteiger partial charge on any atom is -0.465 e. The standard InChI is InChI=1S/C11H16NO2/c1-11(2,3)12-7-5-9(6-8-12)10(13)14-4/h5-8H,1-4H3/q+1. The topological polar surface area (TPSA) is 30.2 Å². The summed E-state index contributed by atoms with van der Waals surface area (Å²) in [6, 6.07) is 3.52. The van der Waals surface area contributed by atoms with Crippen molar-refractivity contribution < 1.29 is 14.1 Å². The third kappa shape index (κ3) is 2.31. The van der Waals surface area contributed by atoms with E-state index in [9.17, 15) is 4.79 Å². The maximum absolute atomic E-state index is 11.1. The minimum atomic E-state index is -0.300. The fourth-order valence-corrected chi connectivity index (χ4v) is 1.13. The molecule has 0 atom stereocenters. The number of carbonyl (C=O) groups is 1. The van der Waals surface area contributed by atoms with Crippen LogP contribution in [-0.4, -0.2) is 13.1 Å². The van der Waals surface area contributed by atoms with Crippen molar-refractivity contribution in [3.8, 4) is 0 Å². The van der Waals surface area contributed by atoms with E-state index in [1.165, 1.54) is 7.11 Å². The van der Waals surface area contributed by atoms with E-state index in [4.69, 9.17) is 0 Å². The van der Waals surface area contributed by atoms with Gasteiger partial charge in [-0.3, -0.25) is 0 Å². The summed E-state index contributed by atoms with van der Waals surface area (Å²) < 4.78 is 6.65. The van der Waals surface area contributed by atoms with Crippen LogP contribution in [0, 0.1) is 0 Å². The van der Waals surface area contributed by atoms with Crippen LogP contribution in [0.4, 0.5) is 0 Å². The van der Waals surface area contributed by atoms with Crippen molar-refractivity contribution in [2.45, 2.75) is 26.3 Å². The molecular formula is C11H16NO2+. The van der Waals surface area contributed by atoms with Gasteiger partial charge in [0.15, 0.2) is 17.9 Å². The molecule has 0 aliphatic heterocycles. The highest BCUT2D eigenvalue weighted by Crippen LogP contribution is 2.04. The SMILES string of the molecule is COC(=O)c1cc[n+](C(C)(C)C)cc1. The van der Waals surface area contributed by atoms with Crippen LogP contribution in [0.5, 0.6) is 0 Å². The second kappa shape index (κ2) is 3.78. The van der Waals surface area contributed by atoms with Gasteiger partial charge in [-0.15, -0.1) is 0 Å². The molecule has 0 bridgehead atoms. The summed E-state index contributed by atoms with van der Waals surface area (Å²) >= 11 is 0. The minimum absolute atomic E-state index is 0.0364. The van der Waals surface area contributed by atoms with Gasteiger partial charge in [0.05, 0.1) is 12.7 Å². The lowest BCUT2D eigenvalue weighted by atomic mass is 10.1. The molecule has 14 heavy (non-hydrogen) atoms. The van der Waals surface area contributed by atoms with Crippen molar-refractivity contribution in [2.24, 2.45) is 0 Å². The highest BCUT2D eigenvalue weighted by Gasteiger charge is 2.21. The summed E-state index contributed by atoms with van der Waals surface area (Å²) in [6.07, 6.45) is 3.76. The van der Waals surface area contributed by atoms with Crippen molar-refractivity contribution in [3.63, 3.8) is 0 Å². The molecule has 1 rings (SSSR count). The Morgan fingerprint density at radius 1 is 1.29 bits per heavy atom. The molecule has 0 aromatic carbocycles. The van der Waals surface area contributed by atoms with Gasteiger partial charge in [0, 0.05) is 32.9 Å². The normalized spacial score (nSPS) is 11.1. The molecule has 0 radical (unpaired) electrons. The lowest BCUT2D eigenvalue weighted by Gasteiger charge is -2.12. The third-order valence-corrected chi connectivity index (χ3v) is 2.03. The van der Waals surface area contributed by atoms with Crippen molar-refractivity contribution in [1.29, 1.82) is 0 Å². The van der Waals surface area contributed by atoms with Gasteiger partial charge in [-0.2, -0.15) is 0 Å². The molecule has 1 aromatic heterocycles. The van der Waals surface area contributed by atoms with Crippen molar-refractivity contribution in [3.05, 3.63) is 30.1 Å². The van der Waals surface area contributed by atoms with Crippen LogP contribution < -0.4 is 4.57 Å². The number of aromatic nitrogens is 1. The first-order valence-corrected chi connectivity index (χ1v) is 4.55. The van der Waals surface area contributed by atoms with Gasteiger partial charge in [0.2, 0.25) is 0 Å². The summed E-state index contributed by atoms with van der Waals surface area (Å²) in [5, 5.41) is 0. The van der Waals surface area contributed by atoms with Crippen molar-refractivity contribution in [2.75, 3.05) is 7.11 Å². The summed E-state index contributed by atoms with van der Waals surface area (Å²) in [5.41, 5.74) is 0.613. The van der Waals surface area contributed by atoms with E-state index >= 15 is 0 Å². The maximum atomic E-state index is 11.1. The molecule has 0 aliphatic carbocycles. The number of ether oxygens (including phenoxy) is 1. The number of hydrogen-bond donors (Lipinski definition) is 0. The summed E-state index contributed by atoms with van der Waals surface area (Å²) in [7, 11) is 1.38. The van der Waals surface area contributed by atoms with Gasteiger partial charge >= 0.3 is 5.97 Å². The molecule has 0 N–H and O–H groups in total. The van der Waals surface area contributed by atoms with Crippen LogP contribution in [0.3, 0.4) is 0 Å². The fourth-order valence-electron chi connectivity index (χ4n) is 1.13. The lowest BCUT2D eigenvalue weighted by molar-refractivity contribution is -0.754. The average Bonchev–Trinajstić information content (AvgIpc) is 2.15. The zero-order valence-corrected chi connectivity index (χ0v) is 9.07. The molecule has 3 nitrogen and oxygen atoms in total. The number of pyridine rings is 1. The number of esters is 1. The maximum Gasteiger partial charge on any atom is 0.338 e. The fraction of sp³-hybridized carbons (Fsp3) is 0.455. The number of nitrogens with zero attached hydrogens (tertiary/aromatic N) is 1. The molecule has 1 aromatic rings. The Balaban J connectivity index is 2.95. The number of carbonyl (C=O) groups excluding carboxylic acids is 1. The van der Waals surface area contributed by atoms with Crippen LogP contribution in [0.2, 0.25) is 0 Å². The Morgan fingerprint density at radius 2 is 1.79 bits per heavy atom. The van der Waals surface area contributed by atoms with E-state index in [1.54, 1.807) is 12.1 Å². The highest BCUT2D eigenvalue weighted by atomic mass is 16.5. The second-order valence-corrected chi connectivity index (χ2v) is 4.16. The summed E-state index contributed by atoms with van der Waals surface area (Å²) in [6.45, 7) is 6.31.